The van der Waals surface area contributed by atoms with Crippen molar-refractivity contribution in [1.29, 1.82) is 0 Å². The molecule has 0 aliphatic carbocycles. The molecule has 1 aromatic heterocycles. The van der Waals surface area contributed by atoms with E-state index in [2.05, 4.69) is 9.88 Å². The monoisotopic (exact) mass is 441 g/mol. The van der Waals surface area contributed by atoms with Crippen molar-refractivity contribution >= 4 is 35.5 Å². The number of imide groups is 2. The molecule has 1 aromatic carbocycles. The molecule has 2 aliphatic heterocycles. The first-order chi connectivity index (χ1) is 14.8. The van der Waals surface area contributed by atoms with E-state index in [1.807, 2.05) is 19.9 Å². The van der Waals surface area contributed by atoms with Crippen LogP contribution in [0.2, 0.25) is 5.02 Å². The van der Waals surface area contributed by atoms with E-state index in [4.69, 9.17) is 16.3 Å². The molecule has 0 radical (unpaired) electrons. The number of hydrogen-bond acceptors (Lipinski definition) is 4. The van der Waals surface area contributed by atoms with E-state index < -0.39 is 17.8 Å². The van der Waals surface area contributed by atoms with E-state index in [1.54, 1.807) is 30.3 Å². The number of benzene rings is 1. The number of rotatable bonds is 5. The zero-order chi connectivity index (χ0) is 22.1. The van der Waals surface area contributed by atoms with Crippen LogP contribution in [0.5, 0.6) is 0 Å². The third kappa shape index (κ3) is 4.29. The minimum atomic E-state index is -0.754. The van der Waals surface area contributed by atoms with Crippen molar-refractivity contribution in [2.24, 2.45) is 0 Å². The van der Waals surface area contributed by atoms with Crippen LogP contribution in [0.25, 0.3) is 6.08 Å². The number of aromatic nitrogens is 1. The third-order valence-electron chi connectivity index (χ3n) is 5.79. The van der Waals surface area contributed by atoms with Gasteiger partial charge in [0.1, 0.15) is 5.57 Å². The highest BCUT2D eigenvalue weighted by Crippen LogP contribution is 2.25. The van der Waals surface area contributed by atoms with Crippen LogP contribution in [0.3, 0.4) is 0 Å². The lowest BCUT2D eigenvalue weighted by Crippen LogP contribution is -2.53. The molecule has 0 unspecified atom stereocenters. The molecule has 7 nitrogen and oxygen atoms in total. The Morgan fingerprint density at radius 3 is 2.71 bits per heavy atom. The third-order valence-corrected chi connectivity index (χ3v) is 6.16. The highest BCUT2D eigenvalue weighted by Gasteiger charge is 2.36. The van der Waals surface area contributed by atoms with Gasteiger partial charge in [0.2, 0.25) is 0 Å². The van der Waals surface area contributed by atoms with Gasteiger partial charge in [-0.2, -0.15) is 0 Å². The Bertz CT molecular complexity index is 1080. The fraction of sp³-hybridized carbons (Fsp3) is 0.348. The number of carbonyl (C=O) groups excluding carboxylic acids is 3. The summed E-state index contributed by atoms with van der Waals surface area (Å²) in [5, 5.41) is 2.71. The highest BCUT2D eigenvalue weighted by molar-refractivity contribution is 6.32. The summed E-state index contributed by atoms with van der Waals surface area (Å²) in [5.41, 5.74) is 3.27. The molecule has 162 valence electrons. The van der Waals surface area contributed by atoms with Crippen molar-refractivity contribution in [2.75, 3.05) is 6.61 Å². The summed E-state index contributed by atoms with van der Waals surface area (Å²) < 4.78 is 7.88. The van der Waals surface area contributed by atoms with E-state index in [0.717, 1.165) is 47.8 Å². The number of hydrogen-bond donors (Lipinski definition) is 1. The summed E-state index contributed by atoms with van der Waals surface area (Å²) in [7, 11) is 0. The number of aryl methyl sites for hydroxylation is 1. The van der Waals surface area contributed by atoms with Gasteiger partial charge in [0, 0.05) is 29.6 Å². The number of halogens is 1. The van der Waals surface area contributed by atoms with Crippen LogP contribution in [0.1, 0.15) is 35.4 Å². The van der Waals surface area contributed by atoms with E-state index >= 15 is 0 Å². The summed E-state index contributed by atoms with van der Waals surface area (Å²) in [6, 6.07) is 8.15. The smallest absolute Gasteiger partial charge is 0.331 e. The van der Waals surface area contributed by atoms with E-state index in [1.165, 1.54) is 0 Å². The minimum Gasteiger partial charge on any atom is -0.376 e. The summed E-state index contributed by atoms with van der Waals surface area (Å²) >= 11 is 6.18. The fourth-order valence-electron chi connectivity index (χ4n) is 4.04. The average Bonchev–Trinajstić information content (AvgIpc) is 3.33. The normalized spacial score (nSPS) is 20.6. The van der Waals surface area contributed by atoms with Crippen molar-refractivity contribution in [1.82, 2.24) is 14.8 Å². The Balaban J connectivity index is 1.62. The van der Waals surface area contributed by atoms with Crippen molar-refractivity contribution in [3.8, 4) is 0 Å². The largest absolute Gasteiger partial charge is 0.376 e. The molecule has 4 rings (SSSR count). The number of nitrogens with zero attached hydrogens (tertiary/aromatic N) is 2. The van der Waals surface area contributed by atoms with Crippen LogP contribution in [0.4, 0.5) is 4.79 Å². The van der Waals surface area contributed by atoms with Crippen LogP contribution >= 0.6 is 11.6 Å². The first-order valence-electron chi connectivity index (χ1n) is 10.3. The van der Waals surface area contributed by atoms with Gasteiger partial charge in [-0.05, 0) is 56.0 Å². The van der Waals surface area contributed by atoms with Crippen LogP contribution < -0.4 is 5.32 Å². The second kappa shape index (κ2) is 8.69. The Kier molecular flexibility index (Phi) is 5.98. The van der Waals surface area contributed by atoms with Gasteiger partial charge in [0.25, 0.3) is 11.8 Å². The lowest BCUT2D eigenvalue weighted by atomic mass is 10.1. The Morgan fingerprint density at radius 1 is 1.23 bits per heavy atom. The second-order valence-electron chi connectivity index (χ2n) is 7.87. The molecule has 1 N–H and O–H groups in total. The summed E-state index contributed by atoms with van der Waals surface area (Å²) in [4.78, 5) is 38.9. The molecular weight excluding hydrogens is 418 g/mol. The molecule has 0 spiro atoms. The van der Waals surface area contributed by atoms with Crippen molar-refractivity contribution in [3.63, 3.8) is 0 Å². The van der Waals surface area contributed by atoms with Gasteiger partial charge in [-0.1, -0.05) is 29.8 Å². The highest BCUT2D eigenvalue weighted by atomic mass is 35.5. The number of nitrogens with one attached hydrogen (secondary N) is 1. The van der Waals surface area contributed by atoms with Gasteiger partial charge in [0.15, 0.2) is 0 Å². The van der Waals surface area contributed by atoms with Gasteiger partial charge in [0.05, 0.1) is 12.6 Å². The second-order valence-corrected chi connectivity index (χ2v) is 8.28. The van der Waals surface area contributed by atoms with Gasteiger partial charge in [-0.15, -0.1) is 0 Å². The molecule has 2 aliphatic rings. The maximum atomic E-state index is 13.1. The lowest BCUT2D eigenvalue weighted by Gasteiger charge is -2.26. The van der Waals surface area contributed by atoms with E-state index in [9.17, 15) is 14.4 Å². The fourth-order valence-corrected chi connectivity index (χ4v) is 4.23. The Hall–Kier alpha value is -2.90. The van der Waals surface area contributed by atoms with Gasteiger partial charge in [-0.25, -0.2) is 4.79 Å². The molecule has 1 atom stereocenters. The molecule has 2 fully saturated rings. The van der Waals surface area contributed by atoms with Crippen molar-refractivity contribution in [2.45, 2.75) is 45.9 Å². The maximum absolute atomic E-state index is 13.1. The van der Waals surface area contributed by atoms with Gasteiger partial charge < -0.3 is 9.30 Å². The van der Waals surface area contributed by atoms with Gasteiger partial charge in [-0.3, -0.25) is 19.8 Å². The Morgan fingerprint density at radius 2 is 2.00 bits per heavy atom. The first-order valence-corrected chi connectivity index (χ1v) is 10.6. The lowest BCUT2D eigenvalue weighted by molar-refractivity contribution is -0.130. The number of carbonyl (C=O) groups is 3. The van der Waals surface area contributed by atoms with Crippen molar-refractivity contribution < 1.29 is 19.1 Å². The van der Waals surface area contributed by atoms with E-state index in [-0.39, 0.29) is 18.2 Å². The zero-order valence-corrected chi connectivity index (χ0v) is 18.2. The molecule has 8 heteroatoms. The average molecular weight is 442 g/mol. The van der Waals surface area contributed by atoms with Crippen molar-refractivity contribution in [3.05, 3.63) is 63.4 Å². The number of barbiturate groups is 1. The molecule has 31 heavy (non-hydrogen) atoms. The number of amides is 4. The van der Waals surface area contributed by atoms with Crippen LogP contribution in [-0.2, 0) is 27.4 Å². The quantitative estimate of drug-likeness (QED) is 0.568. The summed E-state index contributed by atoms with van der Waals surface area (Å²) in [6.45, 7) is 5.43. The molecular formula is C23H24ClN3O4. The summed E-state index contributed by atoms with van der Waals surface area (Å²) in [5.74, 6) is -1.34. The minimum absolute atomic E-state index is 0.0208. The molecule has 2 aromatic rings. The molecule has 2 saturated heterocycles. The maximum Gasteiger partial charge on any atom is 0.331 e. The predicted molar refractivity (Wildman–Crippen MR) is 116 cm³/mol. The van der Waals surface area contributed by atoms with Crippen LogP contribution in [0, 0.1) is 13.8 Å². The zero-order valence-electron chi connectivity index (χ0n) is 17.5. The predicted octanol–water partition coefficient (Wildman–Crippen LogP) is 3.60. The summed E-state index contributed by atoms with van der Waals surface area (Å²) in [6.07, 6.45) is 3.81. The van der Waals surface area contributed by atoms with Crippen LogP contribution in [-0.4, -0.2) is 40.0 Å². The first kappa shape index (κ1) is 21.3. The van der Waals surface area contributed by atoms with Gasteiger partial charge >= 0.3 is 6.03 Å². The van der Waals surface area contributed by atoms with E-state index in [0.29, 0.717) is 10.6 Å². The molecule has 4 amide bonds. The SMILES string of the molecule is Cc1cc(/C=C2\C(=O)NC(=O)N(Cc3ccccc3Cl)C2=O)c(C)n1C[C@@H]1CCCO1. The molecule has 3 heterocycles. The number of ether oxygens (including phenoxy) is 1. The topological polar surface area (TPSA) is 80.6 Å². The Labute approximate surface area is 185 Å². The number of urea groups is 1. The standard InChI is InChI=1S/C23H24ClN3O4/c1-14-10-17(15(2)26(14)13-18-7-5-9-31-18)11-19-21(28)25-23(30)27(22(19)29)12-16-6-3-4-8-20(16)24/h3-4,6,8,10-11,18H,5,7,9,12-13H2,1-2H3,(H,25,28,30)/b19-11+/t18-/m0/s1. The van der Waals surface area contributed by atoms with Crippen LogP contribution in [0.15, 0.2) is 35.9 Å². The molecule has 0 saturated carbocycles. The molecule has 0 bridgehead atoms.